The van der Waals surface area contributed by atoms with E-state index in [1.165, 1.54) is 18.5 Å². The van der Waals surface area contributed by atoms with E-state index in [1.807, 2.05) is 17.4 Å². The van der Waals surface area contributed by atoms with Gasteiger partial charge in [-0.2, -0.15) is 4.98 Å². The highest BCUT2D eigenvalue weighted by Crippen LogP contribution is 2.35. The number of aliphatic hydroxyl groups is 1. The predicted molar refractivity (Wildman–Crippen MR) is 90.4 cm³/mol. The van der Waals surface area contributed by atoms with Gasteiger partial charge in [0.15, 0.2) is 0 Å². The zero-order valence-corrected chi connectivity index (χ0v) is 13.6. The van der Waals surface area contributed by atoms with Gasteiger partial charge in [-0.25, -0.2) is 9.97 Å². The summed E-state index contributed by atoms with van der Waals surface area (Å²) in [5, 5.41) is 10.4. The second kappa shape index (κ2) is 6.37. The largest absolute Gasteiger partial charge is 0.390 e. The fraction of sp³-hybridized carbons (Fsp3) is 0.562. The summed E-state index contributed by atoms with van der Waals surface area (Å²) in [4.78, 5) is 17.1. The third-order valence-electron chi connectivity index (χ3n) is 4.61. The predicted octanol–water partition coefficient (Wildman–Crippen LogP) is 0.273. The summed E-state index contributed by atoms with van der Waals surface area (Å²) in [6, 6.07) is 2.29. The first-order chi connectivity index (χ1) is 11.7. The van der Waals surface area contributed by atoms with Crippen LogP contribution in [0, 0.1) is 0 Å². The third-order valence-corrected chi connectivity index (χ3v) is 4.61. The van der Waals surface area contributed by atoms with Crippen LogP contribution in [0.2, 0.25) is 0 Å². The molecule has 2 aromatic rings. The molecule has 8 heteroatoms. The van der Waals surface area contributed by atoms with Gasteiger partial charge in [0.2, 0.25) is 5.95 Å². The van der Waals surface area contributed by atoms with Crippen molar-refractivity contribution in [2.24, 2.45) is 0 Å². The van der Waals surface area contributed by atoms with Crippen LogP contribution < -0.4 is 10.6 Å². The van der Waals surface area contributed by atoms with Crippen LogP contribution in [-0.2, 0) is 6.54 Å². The van der Waals surface area contributed by atoms with Crippen molar-refractivity contribution < 1.29 is 5.11 Å². The zero-order valence-electron chi connectivity index (χ0n) is 13.6. The molecule has 0 aromatic carbocycles. The first-order valence-electron chi connectivity index (χ1n) is 8.43. The number of hydrogen-bond donors (Lipinski definition) is 2. The molecule has 1 aliphatic heterocycles. The number of nitrogens with zero attached hydrogens (tertiary/aromatic N) is 6. The van der Waals surface area contributed by atoms with Gasteiger partial charge < -0.3 is 20.3 Å². The van der Waals surface area contributed by atoms with Crippen molar-refractivity contribution in [1.82, 2.24) is 24.4 Å². The summed E-state index contributed by atoms with van der Waals surface area (Å²) in [5.74, 6) is 1.03. The van der Waals surface area contributed by atoms with Crippen LogP contribution in [0.25, 0.3) is 0 Å². The van der Waals surface area contributed by atoms with E-state index in [9.17, 15) is 5.11 Å². The Morgan fingerprint density at radius 1 is 1.25 bits per heavy atom. The summed E-state index contributed by atoms with van der Waals surface area (Å²) in [5.41, 5.74) is 6.97. The number of rotatable bonds is 4. The molecule has 8 nitrogen and oxygen atoms in total. The van der Waals surface area contributed by atoms with Crippen molar-refractivity contribution in [1.29, 1.82) is 0 Å². The van der Waals surface area contributed by atoms with Gasteiger partial charge in [-0.3, -0.25) is 4.90 Å². The lowest BCUT2D eigenvalue weighted by molar-refractivity contribution is 0.128. The van der Waals surface area contributed by atoms with Crippen LogP contribution in [0.4, 0.5) is 11.8 Å². The van der Waals surface area contributed by atoms with Crippen LogP contribution in [0.1, 0.15) is 24.6 Å². The van der Waals surface area contributed by atoms with Gasteiger partial charge in [-0.15, -0.1) is 0 Å². The molecule has 0 spiro atoms. The second-order valence-corrected chi connectivity index (χ2v) is 6.64. The average Bonchev–Trinajstić information content (AvgIpc) is 3.33. The lowest BCUT2D eigenvalue weighted by Crippen LogP contribution is -2.34. The van der Waals surface area contributed by atoms with Crippen molar-refractivity contribution >= 4 is 11.8 Å². The van der Waals surface area contributed by atoms with E-state index < -0.39 is 6.10 Å². The highest BCUT2D eigenvalue weighted by atomic mass is 16.3. The van der Waals surface area contributed by atoms with E-state index >= 15 is 0 Å². The van der Waals surface area contributed by atoms with Gasteiger partial charge in [-0.1, -0.05) is 0 Å². The van der Waals surface area contributed by atoms with Crippen LogP contribution in [-0.4, -0.2) is 61.8 Å². The molecule has 1 saturated carbocycles. The number of β-amino-alcohol motifs (C(OH)–C–C–N with tert-alkyl or cyclic N) is 1. The van der Waals surface area contributed by atoms with Crippen LogP contribution in [0.3, 0.4) is 0 Å². The molecular weight excluding hydrogens is 306 g/mol. The molecule has 24 heavy (non-hydrogen) atoms. The molecule has 0 amide bonds. The zero-order chi connectivity index (χ0) is 16.5. The van der Waals surface area contributed by atoms with E-state index in [0.717, 1.165) is 19.6 Å². The molecular formula is C16H23N7O. The number of hydrogen-bond acceptors (Lipinski definition) is 7. The first kappa shape index (κ1) is 15.3. The number of aromatic nitrogens is 4. The number of imidazole rings is 1. The molecule has 3 heterocycles. The van der Waals surface area contributed by atoms with Crippen LogP contribution in [0.5, 0.6) is 0 Å². The molecule has 1 atom stereocenters. The number of anilines is 2. The summed E-state index contributed by atoms with van der Waals surface area (Å²) >= 11 is 0. The molecule has 0 bridgehead atoms. The topological polar surface area (TPSA) is 96.3 Å². The van der Waals surface area contributed by atoms with Crippen molar-refractivity contribution in [3.05, 3.63) is 30.5 Å². The minimum Gasteiger partial charge on any atom is -0.390 e. The quantitative estimate of drug-likeness (QED) is 0.831. The Labute approximate surface area is 140 Å². The Hall–Kier alpha value is -2.19. The van der Waals surface area contributed by atoms with Crippen molar-refractivity contribution in [2.75, 3.05) is 36.8 Å². The van der Waals surface area contributed by atoms with Gasteiger partial charge >= 0.3 is 0 Å². The highest BCUT2D eigenvalue weighted by molar-refractivity contribution is 5.38. The SMILES string of the molecule is Nc1ccnc(N2CCN(Cc3cncn3C3CC3)C[C@@H](O)C2)n1. The van der Waals surface area contributed by atoms with E-state index in [0.29, 0.717) is 30.9 Å². The molecule has 0 unspecified atom stereocenters. The number of nitrogen functional groups attached to an aromatic ring is 1. The van der Waals surface area contributed by atoms with Crippen molar-refractivity contribution in [3.63, 3.8) is 0 Å². The Kier molecular flexibility index (Phi) is 4.07. The van der Waals surface area contributed by atoms with Gasteiger partial charge in [0.1, 0.15) is 5.82 Å². The Balaban J connectivity index is 1.44. The summed E-state index contributed by atoms with van der Waals surface area (Å²) in [6.07, 6.45) is 7.55. The summed E-state index contributed by atoms with van der Waals surface area (Å²) in [7, 11) is 0. The standard InChI is InChI=1S/C16H23N7O/c17-15-3-4-19-16(20-15)22-6-5-21(9-14(24)10-22)8-13-7-18-11-23(13)12-1-2-12/h3-4,7,11-12,14,24H,1-2,5-6,8-10H2,(H2,17,19,20)/t14-/m1/s1. The van der Waals surface area contributed by atoms with Crippen molar-refractivity contribution in [2.45, 2.75) is 31.5 Å². The van der Waals surface area contributed by atoms with E-state index in [1.54, 1.807) is 12.3 Å². The van der Waals surface area contributed by atoms with Gasteiger partial charge in [-0.05, 0) is 18.9 Å². The third kappa shape index (κ3) is 3.34. The maximum absolute atomic E-state index is 10.4. The maximum atomic E-state index is 10.4. The van der Waals surface area contributed by atoms with E-state index in [-0.39, 0.29) is 0 Å². The number of nitrogens with two attached hydrogens (primary N) is 1. The molecule has 0 radical (unpaired) electrons. The Bertz CT molecular complexity index is 699. The molecule has 2 aliphatic rings. The normalized spacial score (nSPS) is 22.5. The fourth-order valence-electron chi connectivity index (χ4n) is 3.26. The van der Waals surface area contributed by atoms with E-state index in [2.05, 4.69) is 24.4 Å². The Morgan fingerprint density at radius 3 is 2.92 bits per heavy atom. The molecule has 3 N–H and O–H groups in total. The van der Waals surface area contributed by atoms with Gasteiger partial charge in [0.05, 0.1) is 18.1 Å². The minimum atomic E-state index is -0.449. The monoisotopic (exact) mass is 329 g/mol. The summed E-state index contributed by atoms with van der Waals surface area (Å²) < 4.78 is 2.27. The average molecular weight is 329 g/mol. The lowest BCUT2D eigenvalue weighted by Gasteiger charge is -2.22. The maximum Gasteiger partial charge on any atom is 0.227 e. The van der Waals surface area contributed by atoms with Crippen molar-refractivity contribution in [3.8, 4) is 0 Å². The smallest absolute Gasteiger partial charge is 0.227 e. The molecule has 1 saturated heterocycles. The molecule has 1 aliphatic carbocycles. The molecule has 2 aromatic heterocycles. The molecule has 2 fully saturated rings. The highest BCUT2D eigenvalue weighted by Gasteiger charge is 2.27. The molecule has 128 valence electrons. The minimum absolute atomic E-state index is 0.448. The Morgan fingerprint density at radius 2 is 2.12 bits per heavy atom. The van der Waals surface area contributed by atoms with Gasteiger partial charge in [0, 0.05) is 51.2 Å². The lowest BCUT2D eigenvalue weighted by atomic mass is 10.3. The number of aliphatic hydroxyl groups excluding tert-OH is 1. The first-order valence-corrected chi connectivity index (χ1v) is 8.43. The van der Waals surface area contributed by atoms with Crippen LogP contribution in [0.15, 0.2) is 24.8 Å². The van der Waals surface area contributed by atoms with Gasteiger partial charge in [0.25, 0.3) is 0 Å². The van der Waals surface area contributed by atoms with E-state index in [4.69, 9.17) is 5.73 Å². The summed E-state index contributed by atoms with van der Waals surface area (Å²) in [6.45, 7) is 3.55. The molecule has 4 rings (SSSR count). The fourth-order valence-corrected chi connectivity index (χ4v) is 3.26. The van der Waals surface area contributed by atoms with Crippen LogP contribution >= 0.6 is 0 Å². The second-order valence-electron chi connectivity index (χ2n) is 6.64.